The SMILES string of the molecule is O=C(O)c1ccncc1/C=C/c1ccc2cc(Cl)ccc2c1. The fourth-order valence-electron chi connectivity index (χ4n) is 2.26. The van der Waals surface area contributed by atoms with E-state index < -0.39 is 5.97 Å². The van der Waals surface area contributed by atoms with Crippen LogP contribution in [-0.4, -0.2) is 16.1 Å². The van der Waals surface area contributed by atoms with Crippen LogP contribution in [0.4, 0.5) is 0 Å². The van der Waals surface area contributed by atoms with Crippen LogP contribution in [0.1, 0.15) is 21.5 Å². The first-order valence-electron chi connectivity index (χ1n) is 6.68. The summed E-state index contributed by atoms with van der Waals surface area (Å²) in [7, 11) is 0. The number of hydrogen-bond donors (Lipinski definition) is 1. The van der Waals surface area contributed by atoms with E-state index in [0.717, 1.165) is 16.3 Å². The molecule has 1 N–H and O–H groups in total. The standard InChI is InChI=1S/C18H12ClNO2/c19-16-6-5-13-9-12(1-3-14(13)10-16)2-4-15-11-20-8-7-17(15)18(21)22/h1-11H,(H,21,22)/b4-2+. The molecule has 0 aliphatic carbocycles. The zero-order valence-corrected chi connectivity index (χ0v) is 12.3. The van der Waals surface area contributed by atoms with E-state index in [2.05, 4.69) is 4.98 Å². The Kier molecular flexibility index (Phi) is 3.90. The van der Waals surface area contributed by atoms with Gasteiger partial charge < -0.3 is 5.11 Å². The molecule has 3 rings (SSSR count). The second-order valence-corrected chi connectivity index (χ2v) is 5.29. The topological polar surface area (TPSA) is 50.2 Å². The van der Waals surface area contributed by atoms with Gasteiger partial charge in [-0.3, -0.25) is 4.98 Å². The van der Waals surface area contributed by atoms with Gasteiger partial charge in [0.1, 0.15) is 0 Å². The third-order valence-electron chi connectivity index (χ3n) is 3.36. The van der Waals surface area contributed by atoms with Crippen LogP contribution in [0.5, 0.6) is 0 Å². The molecule has 2 aromatic carbocycles. The molecule has 108 valence electrons. The number of aromatic nitrogens is 1. The number of rotatable bonds is 3. The Morgan fingerprint density at radius 2 is 1.82 bits per heavy atom. The zero-order valence-electron chi connectivity index (χ0n) is 11.5. The lowest BCUT2D eigenvalue weighted by Crippen LogP contribution is -1.99. The van der Waals surface area contributed by atoms with Crippen molar-refractivity contribution >= 4 is 40.5 Å². The number of benzene rings is 2. The minimum atomic E-state index is -0.963. The van der Waals surface area contributed by atoms with E-state index in [1.54, 1.807) is 12.3 Å². The number of carbonyl (C=O) groups is 1. The monoisotopic (exact) mass is 309 g/mol. The predicted octanol–water partition coefficient (Wildman–Crippen LogP) is 4.76. The summed E-state index contributed by atoms with van der Waals surface area (Å²) in [5, 5.41) is 12.0. The van der Waals surface area contributed by atoms with Gasteiger partial charge in [0.05, 0.1) is 5.56 Å². The maximum Gasteiger partial charge on any atom is 0.336 e. The summed E-state index contributed by atoms with van der Waals surface area (Å²) >= 11 is 5.97. The Balaban J connectivity index is 1.96. The fourth-order valence-corrected chi connectivity index (χ4v) is 2.44. The summed E-state index contributed by atoms with van der Waals surface area (Å²) in [4.78, 5) is 15.1. The van der Waals surface area contributed by atoms with E-state index >= 15 is 0 Å². The molecule has 4 heteroatoms. The van der Waals surface area contributed by atoms with Crippen LogP contribution in [-0.2, 0) is 0 Å². The van der Waals surface area contributed by atoms with Gasteiger partial charge in [-0.15, -0.1) is 0 Å². The maximum atomic E-state index is 11.2. The van der Waals surface area contributed by atoms with E-state index in [0.29, 0.717) is 10.6 Å². The molecule has 1 heterocycles. The number of carboxylic acids is 1. The molecule has 0 bridgehead atoms. The van der Waals surface area contributed by atoms with Crippen molar-refractivity contribution in [2.24, 2.45) is 0 Å². The molecular weight excluding hydrogens is 298 g/mol. The summed E-state index contributed by atoms with van der Waals surface area (Å²) < 4.78 is 0. The Labute approximate surface area is 132 Å². The van der Waals surface area contributed by atoms with Crippen LogP contribution >= 0.6 is 11.6 Å². The third-order valence-corrected chi connectivity index (χ3v) is 3.60. The Bertz CT molecular complexity index is 887. The van der Waals surface area contributed by atoms with Gasteiger partial charge in [0.15, 0.2) is 0 Å². The average molecular weight is 310 g/mol. The first-order chi connectivity index (χ1) is 10.6. The minimum absolute atomic E-state index is 0.235. The summed E-state index contributed by atoms with van der Waals surface area (Å²) in [5.74, 6) is -0.963. The zero-order chi connectivity index (χ0) is 15.5. The molecule has 0 aliphatic rings. The van der Waals surface area contributed by atoms with E-state index in [4.69, 9.17) is 16.7 Å². The van der Waals surface area contributed by atoms with E-state index in [9.17, 15) is 4.79 Å². The van der Waals surface area contributed by atoms with Crippen molar-refractivity contribution < 1.29 is 9.90 Å². The number of nitrogens with zero attached hydrogens (tertiary/aromatic N) is 1. The van der Waals surface area contributed by atoms with Gasteiger partial charge in [-0.05, 0) is 40.6 Å². The number of carboxylic acid groups (broad SMARTS) is 1. The van der Waals surface area contributed by atoms with E-state index in [1.807, 2.05) is 42.5 Å². The lowest BCUT2D eigenvalue weighted by Gasteiger charge is -2.02. The summed E-state index contributed by atoms with van der Waals surface area (Å²) in [6.07, 6.45) is 6.65. The summed E-state index contributed by atoms with van der Waals surface area (Å²) in [5.41, 5.74) is 1.79. The van der Waals surface area contributed by atoms with Gasteiger partial charge >= 0.3 is 5.97 Å². The van der Waals surface area contributed by atoms with Crippen LogP contribution in [0, 0.1) is 0 Å². The molecule has 0 saturated carbocycles. The third kappa shape index (κ3) is 3.00. The maximum absolute atomic E-state index is 11.2. The van der Waals surface area contributed by atoms with Gasteiger partial charge in [-0.1, -0.05) is 42.0 Å². The van der Waals surface area contributed by atoms with Crippen LogP contribution in [0.25, 0.3) is 22.9 Å². The van der Waals surface area contributed by atoms with Crippen molar-refractivity contribution in [2.45, 2.75) is 0 Å². The molecular formula is C18H12ClNO2. The predicted molar refractivity (Wildman–Crippen MR) is 89.1 cm³/mol. The van der Waals surface area contributed by atoms with Crippen LogP contribution in [0.15, 0.2) is 54.9 Å². The molecule has 3 nitrogen and oxygen atoms in total. The molecule has 0 amide bonds. The Morgan fingerprint density at radius 1 is 1.05 bits per heavy atom. The molecule has 0 spiro atoms. The molecule has 22 heavy (non-hydrogen) atoms. The van der Waals surface area contributed by atoms with Gasteiger partial charge in [-0.2, -0.15) is 0 Å². The van der Waals surface area contributed by atoms with Crippen molar-refractivity contribution in [3.63, 3.8) is 0 Å². The van der Waals surface area contributed by atoms with Crippen molar-refractivity contribution in [1.29, 1.82) is 0 Å². The van der Waals surface area contributed by atoms with Crippen LogP contribution in [0.2, 0.25) is 5.02 Å². The molecule has 1 aromatic heterocycles. The number of pyridine rings is 1. The quantitative estimate of drug-likeness (QED) is 0.759. The molecule has 0 radical (unpaired) electrons. The first kappa shape index (κ1) is 14.3. The van der Waals surface area contributed by atoms with E-state index in [-0.39, 0.29) is 5.56 Å². The van der Waals surface area contributed by atoms with Crippen LogP contribution < -0.4 is 0 Å². The molecule has 0 saturated heterocycles. The summed E-state index contributed by atoms with van der Waals surface area (Å²) in [6.45, 7) is 0. The van der Waals surface area contributed by atoms with Gasteiger partial charge in [-0.25, -0.2) is 4.79 Å². The first-order valence-corrected chi connectivity index (χ1v) is 7.06. The normalized spacial score (nSPS) is 11.1. The molecule has 0 unspecified atom stereocenters. The highest BCUT2D eigenvalue weighted by atomic mass is 35.5. The number of halogens is 1. The molecule has 0 fully saturated rings. The van der Waals surface area contributed by atoms with Gasteiger partial charge in [0, 0.05) is 23.0 Å². The Morgan fingerprint density at radius 3 is 2.64 bits per heavy atom. The fraction of sp³-hybridized carbons (Fsp3) is 0. The largest absolute Gasteiger partial charge is 0.478 e. The van der Waals surface area contributed by atoms with Gasteiger partial charge in [0.2, 0.25) is 0 Å². The van der Waals surface area contributed by atoms with Gasteiger partial charge in [0.25, 0.3) is 0 Å². The second-order valence-electron chi connectivity index (χ2n) is 4.85. The Hall–Kier alpha value is -2.65. The molecule has 0 aliphatic heterocycles. The smallest absolute Gasteiger partial charge is 0.336 e. The second kappa shape index (κ2) is 6.00. The summed E-state index contributed by atoms with van der Waals surface area (Å²) in [6, 6.07) is 13.2. The number of fused-ring (bicyclic) bond motifs is 1. The molecule has 3 aromatic rings. The van der Waals surface area contributed by atoms with Crippen molar-refractivity contribution in [3.8, 4) is 0 Å². The van der Waals surface area contributed by atoms with Crippen molar-refractivity contribution in [1.82, 2.24) is 4.98 Å². The highest BCUT2D eigenvalue weighted by Gasteiger charge is 2.06. The lowest BCUT2D eigenvalue weighted by molar-refractivity contribution is 0.0696. The molecule has 0 atom stereocenters. The van der Waals surface area contributed by atoms with E-state index in [1.165, 1.54) is 12.3 Å². The number of hydrogen-bond acceptors (Lipinski definition) is 2. The highest BCUT2D eigenvalue weighted by molar-refractivity contribution is 6.31. The van der Waals surface area contributed by atoms with Crippen molar-refractivity contribution in [2.75, 3.05) is 0 Å². The average Bonchev–Trinajstić information content (AvgIpc) is 2.53. The van der Waals surface area contributed by atoms with Crippen LogP contribution in [0.3, 0.4) is 0 Å². The highest BCUT2D eigenvalue weighted by Crippen LogP contribution is 2.21. The lowest BCUT2D eigenvalue weighted by atomic mass is 10.1. The number of aromatic carboxylic acids is 1. The van der Waals surface area contributed by atoms with Crippen molar-refractivity contribution in [3.05, 3.63) is 76.6 Å². The minimum Gasteiger partial charge on any atom is -0.478 e.